The molecule has 0 bridgehead atoms. The Kier molecular flexibility index (Phi) is 5.96. The van der Waals surface area contributed by atoms with E-state index in [0.717, 1.165) is 6.07 Å². The number of benzene rings is 1. The van der Waals surface area contributed by atoms with E-state index in [9.17, 15) is 22.8 Å². The molecular weight excluding hydrogens is 299 g/mol. The molecule has 4 nitrogen and oxygen atoms in total. The lowest BCUT2D eigenvalue weighted by Gasteiger charge is -2.16. The molecule has 0 radical (unpaired) electrons. The molecule has 0 aliphatic heterocycles. The third-order valence-corrected chi connectivity index (χ3v) is 3.18. The smallest absolute Gasteiger partial charge is 0.416 e. The van der Waals surface area contributed by atoms with Gasteiger partial charge in [-0.1, -0.05) is 32.0 Å². The maximum absolute atomic E-state index is 12.8. The maximum Gasteiger partial charge on any atom is 0.416 e. The lowest BCUT2D eigenvalue weighted by molar-refractivity contribution is -0.159. The van der Waals surface area contributed by atoms with Gasteiger partial charge in [0.2, 0.25) is 0 Å². The van der Waals surface area contributed by atoms with Crippen molar-refractivity contribution in [1.29, 1.82) is 0 Å². The Labute approximate surface area is 126 Å². The van der Waals surface area contributed by atoms with Gasteiger partial charge in [-0.05, 0) is 24.5 Å². The molecule has 7 heteroatoms. The van der Waals surface area contributed by atoms with Crippen LogP contribution in [0, 0.1) is 5.92 Å². The van der Waals surface area contributed by atoms with E-state index in [1.807, 2.05) is 13.8 Å². The van der Waals surface area contributed by atoms with Gasteiger partial charge < -0.3 is 10.1 Å². The monoisotopic (exact) mass is 317 g/mol. The predicted octanol–water partition coefficient (Wildman–Crippen LogP) is 2.91. The van der Waals surface area contributed by atoms with E-state index in [1.54, 1.807) is 6.92 Å². The van der Waals surface area contributed by atoms with Gasteiger partial charge in [0.25, 0.3) is 0 Å². The second-order valence-electron chi connectivity index (χ2n) is 5.19. The Morgan fingerprint density at radius 3 is 2.32 bits per heavy atom. The van der Waals surface area contributed by atoms with Gasteiger partial charge in [-0.2, -0.15) is 13.2 Å². The molecule has 1 atom stereocenters. The van der Waals surface area contributed by atoms with Crippen molar-refractivity contribution in [2.75, 3.05) is 0 Å². The second-order valence-corrected chi connectivity index (χ2v) is 5.19. The van der Waals surface area contributed by atoms with Crippen LogP contribution in [-0.2, 0) is 27.0 Å². The number of halogens is 3. The molecule has 1 amide bonds. The topological polar surface area (TPSA) is 55.4 Å². The average molecular weight is 317 g/mol. The normalized spacial score (nSPS) is 12.9. The first-order valence-electron chi connectivity index (χ1n) is 6.76. The number of hydrogen-bond donors (Lipinski definition) is 1. The number of alkyl halides is 3. The van der Waals surface area contributed by atoms with Gasteiger partial charge in [-0.3, -0.25) is 4.79 Å². The van der Waals surface area contributed by atoms with E-state index < -0.39 is 36.3 Å². The zero-order valence-corrected chi connectivity index (χ0v) is 12.5. The van der Waals surface area contributed by atoms with Crippen LogP contribution in [0.15, 0.2) is 24.3 Å². The third kappa shape index (κ3) is 5.05. The van der Waals surface area contributed by atoms with E-state index in [2.05, 4.69) is 5.32 Å². The number of amides is 1. The molecule has 0 aliphatic carbocycles. The summed E-state index contributed by atoms with van der Waals surface area (Å²) in [6, 6.07) is 4.84. The predicted molar refractivity (Wildman–Crippen MR) is 73.7 cm³/mol. The molecule has 22 heavy (non-hydrogen) atoms. The summed E-state index contributed by atoms with van der Waals surface area (Å²) in [4.78, 5) is 23.1. The summed E-state index contributed by atoms with van der Waals surface area (Å²) >= 11 is 0. The van der Waals surface area contributed by atoms with Crippen molar-refractivity contribution in [3.8, 4) is 0 Å². The largest absolute Gasteiger partial charge is 0.455 e. The number of carbonyl (C=O) groups is 2. The van der Waals surface area contributed by atoms with Crippen LogP contribution < -0.4 is 5.32 Å². The number of carbonyl (C=O) groups excluding carboxylic acids is 2. The Morgan fingerprint density at radius 1 is 1.18 bits per heavy atom. The minimum absolute atomic E-state index is 0.0303. The summed E-state index contributed by atoms with van der Waals surface area (Å²) in [5, 5.41) is 2.14. The van der Waals surface area contributed by atoms with Crippen LogP contribution in [0.3, 0.4) is 0 Å². The molecule has 0 fully saturated rings. The number of rotatable bonds is 4. The minimum atomic E-state index is -4.52. The molecule has 0 unspecified atom stereocenters. The quantitative estimate of drug-likeness (QED) is 0.686. The van der Waals surface area contributed by atoms with E-state index in [0.29, 0.717) is 0 Å². The molecule has 1 rings (SSSR count). The van der Waals surface area contributed by atoms with Crippen molar-refractivity contribution in [1.82, 2.24) is 5.32 Å². The zero-order chi connectivity index (χ0) is 16.9. The lowest BCUT2D eigenvalue weighted by Crippen LogP contribution is -2.35. The number of esters is 1. The van der Waals surface area contributed by atoms with Gasteiger partial charge in [0, 0.05) is 6.54 Å². The van der Waals surface area contributed by atoms with Crippen LogP contribution in [0.4, 0.5) is 13.2 Å². The lowest BCUT2D eigenvalue weighted by atomic mass is 10.1. The first-order chi connectivity index (χ1) is 10.1. The SMILES string of the molecule is CC(C)[C@@H](C)OC(=O)C(=O)NCc1ccccc1C(F)(F)F. The van der Waals surface area contributed by atoms with Crippen molar-refractivity contribution in [2.24, 2.45) is 5.92 Å². The van der Waals surface area contributed by atoms with Crippen LogP contribution >= 0.6 is 0 Å². The van der Waals surface area contributed by atoms with Crippen molar-refractivity contribution in [3.05, 3.63) is 35.4 Å². The number of nitrogens with one attached hydrogen (secondary N) is 1. The molecule has 0 aliphatic rings. The van der Waals surface area contributed by atoms with Crippen LogP contribution in [0.2, 0.25) is 0 Å². The first-order valence-corrected chi connectivity index (χ1v) is 6.76. The summed E-state index contributed by atoms with van der Waals surface area (Å²) in [6.07, 6.45) is -4.98. The second kappa shape index (κ2) is 7.29. The Bertz CT molecular complexity index is 541. The summed E-state index contributed by atoms with van der Waals surface area (Å²) < 4.78 is 43.3. The van der Waals surface area contributed by atoms with Gasteiger partial charge >= 0.3 is 18.1 Å². The summed E-state index contributed by atoms with van der Waals surface area (Å²) in [7, 11) is 0. The molecule has 0 saturated heterocycles. The van der Waals surface area contributed by atoms with Gasteiger partial charge in [-0.25, -0.2) is 4.79 Å². The molecule has 0 aromatic heterocycles. The van der Waals surface area contributed by atoms with E-state index in [4.69, 9.17) is 4.74 Å². The van der Waals surface area contributed by atoms with E-state index in [-0.39, 0.29) is 11.5 Å². The summed E-state index contributed by atoms with van der Waals surface area (Å²) in [5.74, 6) is -2.14. The molecule has 1 aromatic rings. The van der Waals surface area contributed by atoms with Crippen LogP contribution in [0.25, 0.3) is 0 Å². The first kappa shape index (κ1) is 18.0. The molecular formula is C15H18F3NO3. The fraction of sp³-hybridized carbons (Fsp3) is 0.467. The Morgan fingerprint density at radius 2 is 1.77 bits per heavy atom. The van der Waals surface area contributed by atoms with Gasteiger partial charge in [-0.15, -0.1) is 0 Å². The molecule has 0 saturated carbocycles. The molecule has 122 valence electrons. The highest BCUT2D eigenvalue weighted by Gasteiger charge is 2.33. The summed E-state index contributed by atoms with van der Waals surface area (Å²) in [6.45, 7) is 4.86. The number of hydrogen-bond acceptors (Lipinski definition) is 3. The van der Waals surface area contributed by atoms with Gasteiger partial charge in [0.05, 0.1) is 5.56 Å². The molecule has 0 spiro atoms. The minimum Gasteiger partial charge on any atom is -0.455 e. The highest BCUT2D eigenvalue weighted by molar-refractivity contribution is 6.32. The zero-order valence-electron chi connectivity index (χ0n) is 12.5. The van der Waals surface area contributed by atoms with Gasteiger partial charge in [0.1, 0.15) is 6.10 Å². The number of ether oxygens (including phenoxy) is 1. The van der Waals surface area contributed by atoms with Crippen molar-refractivity contribution in [2.45, 2.75) is 39.6 Å². The van der Waals surface area contributed by atoms with Crippen LogP contribution in [0.5, 0.6) is 0 Å². The molecule has 0 heterocycles. The van der Waals surface area contributed by atoms with Crippen molar-refractivity contribution < 1.29 is 27.5 Å². The third-order valence-electron chi connectivity index (χ3n) is 3.18. The van der Waals surface area contributed by atoms with Crippen molar-refractivity contribution in [3.63, 3.8) is 0 Å². The van der Waals surface area contributed by atoms with Crippen LogP contribution in [0.1, 0.15) is 31.9 Å². The fourth-order valence-corrected chi connectivity index (χ4v) is 1.56. The average Bonchev–Trinajstić information content (AvgIpc) is 2.43. The van der Waals surface area contributed by atoms with Crippen molar-refractivity contribution >= 4 is 11.9 Å². The highest BCUT2D eigenvalue weighted by Crippen LogP contribution is 2.31. The Hall–Kier alpha value is -2.05. The Balaban J connectivity index is 2.67. The molecule has 1 N–H and O–H groups in total. The van der Waals surface area contributed by atoms with Gasteiger partial charge in [0.15, 0.2) is 0 Å². The maximum atomic E-state index is 12.8. The summed E-state index contributed by atoms with van der Waals surface area (Å²) in [5.41, 5.74) is -0.965. The van der Waals surface area contributed by atoms with E-state index in [1.165, 1.54) is 18.2 Å². The highest BCUT2D eigenvalue weighted by atomic mass is 19.4. The molecule has 1 aromatic carbocycles. The standard InChI is InChI=1S/C15H18F3NO3/c1-9(2)10(3)22-14(21)13(20)19-8-11-6-4-5-7-12(11)15(16,17)18/h4-7,9-10H,8H2,1-3H3,(H,19,20)/t10-/m1/s1. The van der Waals surface area contributed by atoms with E-state index >= 15 is 0 Å². The van der Waals surface area contributed by atoms with Crippen LogP contribution in [-0.4, -0.2) is 18.0 Å². The fourth-order valence-electron chi connectivity index (χ4n) is 1.56.